The number of non-ortho nitro benzene ring substituents is 1. The lowest BCUT2D eigenvalue weighted by Gasteiger charge is -2.06. The van der Waals surface area contributed by atoms with Gasteiger partial charge in [-0.1, -0.05) is 6.07 Å². The zero-order chi connectivity index (χ0) is 14.7. The molecule has 0 fully saturated rings. The molecule has 0 bridgehead atoms. The fourth-order valence-electron chi connectivity index (χ4n) is 1.61. The molecular formula is C12H8FN3O4. The van der Waals surface area contributed by atoms with Gasteiger partial charge in [-0.15, -0.1) is 0 Å². The first kappa shape index (κ1) is 13.4. The van der Waals surface area contributed by atoms with Crippen molar-refractivity contribution in [2.45, 2.75) is 0 Å². The van der Waals surface area contributed by atoms with Gasteiger partial charge in [0.1, 0.15) is 11.5 Å². The van der Waals surface area contributed by atoms with E-state index in [2.05, 4.69) is 5.32 Å². The van der Waals surface area contributed by atoms with Gasteiger partial charge >= 0.3 is 0 Å². The van der Waals surface area contributed by atoms with Crippen molar-refractivity contribution >= 4 is 22.7 Å². The summed E-state index contributed by atoms with van der Waals surface area (Å²) in [5.41, 5.74) is -0.488. The van der Waals surface area contributed by atoms with E-state index < -0.39 is 21.4 Å². The first-order valence-corrected chi connectivity index (χ1v) is 5.43. The molecule has 0 unspecified atom stereocenters. The van der Waals surface area contributed by atoms with E-state index in [1.807, 2.05) is 0 Å². The predicted molar refractivity (Wildman–Crippen MR) is 69.4 cm³/mol. The molecule has 0 aromatic heterocycles. The van der Waals surface area contributed by atoms with Crippen LogP contribution in [0.4, 0.5) is 27.1 Å². The lowest BCUT2D eigenvalue weighted by atomic mass is 10.2. The zero-order valence-corrected chi connectivity index (χ0v) is 9.95. The van der Waals surface area contributed by atoms with Crippen LogP contribution in [0.3, 0.4) is 0 Å². The molecule has 0 amide bonds. The highest BCUT2D eigenvalue weighted by Gasteiger charge is 2.19. The highest BCUT2D eigenvalue weighted by Crippen LogP contribution is 2.31. The van der Waals surface area contributed by atoms with Gasteiger partial charge in [0, 0.05) is 11.8 Å². The van der Waals surface area contributed by atoms with E-state index in [1.54, 1.807) is 0 Å². The van der Waals surface area contributed by atoms with Gasteiger partial charge in [-0.3, -0.25) is 20.2 Å². The number of nitro benzene ring substituents is 2. The summed E-state index contributed by atoms with van der Waals surface area (Å²) in [5, 5.41) is 24.2. The molecule has 0 aliphatic rings. The minimum absolute atomic E-state index is 0.0474. The fraction of sp³-hybridized carbons (Fsp3) is 0. The van der Waals surface area contributed by atoms with E-state index >= 15 is 0 Å². The van der Waals surface area contributed by atoms with Gasteiger partial charge in [-0.05, 0) is 24.3 Å². The van der Waals surface area contributed by atoms with E-state index in [9.17, 15) is 24.6 Å². The van der Waals surface area contributed by atoms with Crippen LogP contribution >= 0.6 is 0 Å². The molecule has 0 aliphatic carbocycles. The van der Waals surface area contributed by atoms with E-state index in [-0.39, 0.29) is 11.4 Å². The third-order valence-corrected chi connectivity index (χ3v) is 2.49. The van der Waals surface area contributed by atoms with Gasteiger partial charge in [0.15, 0.2) is 0 Å². The molecule has 0 radical (unpaired) electrons. The Morgan fingerprint density at radius 1 is 1.00 bits per heavy atom. The summed E-state index contributed by atoms with van der Waals surface area (Å²) >= 11 is 0. The van der Waals surface area contributed by atoms with Crippen molar-refractivity contribution < 1.29 is 14.2 Å². The van der Waals surface area contributed by atoms with Crippen LogP contribution in [0.25, 0.3) is 0 Å². The Balaban J connectivity index is 2.41. The van der Waals surface area contributed by atoms with Crippen molar-refractivity contribution in [3.8, 4) is 0 Å². The second-order valence-electron chi connectivity index (χ2n) is 3.85. The first-order valence-electron chi connectivity index (χ1n) is 5.43. The third-order valence-electron chi connectivity index (χ3n) is 2.49. The average molecular weight is 277 g/mol. The van der Waals surface area contributed by atoms with E-state index in [1.165, 1.54) is 24.3 Å². The third kappa shape index (κ3) is 2.86. The number of halogens is 1. The minimum atomic E-state index is -0.741. The quantitative estimate of drug-likeness (QED) is 0.682. The number of nitrogens with zero attached hydrogens (tertiary/aromatic N) is 2. The highest BCUT2D eigenvalue weighted by molar-refractivity contribution is 5.71. The largest absolute Gasteiger partial charge is 0.350 e. The summed E-state index contributed by atoms with van der Waals surface area (Å²) < 4.78 is 13.0. The zero-order valence-electron chi connectivity index (χ0n) is 9.95. The van der Waals surface area contributed by atoms with Crippen molar-refractivity contribution in [3.05, 3.63) is 68.5 Å². The van der Waals surface area contributed by atoms with Gasteiger partial charge < -0.3 is 5.32 Å². The van der Waals surface area contributed by atoms with Crippen molar-refractivity contribution in [2.75, 3.05) is 5.32 Å². The second-order valence-corrected chi connectivity index (χ2v) is 3.85. The Bertz CT molecular complexity index is 690. The molecule has 0 atom stereocenters. The summed E-state index contributed by atoms with van der Waals surface area (Å²) in [6, 6.07) is 8.54. The molecule has 0 saturated heterocycles. The number of hydrogen-bond acceptors (Lipinski definition) is 5. The maximum absolute atomic E-state index is 13.0. The lowest BCUT2D eigenvalue weighted by molar-refractivity contribution is -0.393. The number of nitro groups is 2. The van der Waals surface area contributed by atoms with Crippen LogP contribution in [0, 0.1) is 26.0 Å². The summed E-state index contributed by atoms with van der Waals surface area (Å²) in [6.07, 6.45) is 0. The van der Waals surface area contributed by atoms with Crippen LogP contribution in [0.2, 0.25) is 0 Å². The van der Waals surface area contributed by atoms with Gasteiger partial charge in [-0.25, -0.2) is 4.39 Å². The number of rotatable bonds is 4. The minimum Gasteiger partial charge on any atom is -0.350 e. The molecule has 0 aliphatic heterocycles. The second kappa shape index (κ2) is 5.31. The van der Waals surface area contributed by atoms with Crippen molar-refractivity contribution in [1.29, 1.82) is 0 Å². The molecular weight excluding hydrogens is 269 g/mol. The van der Waals surface area contributed by atoms with E-state index in [4.69, 9.17) is 0 Å². The maximum atomic E-state index is 13.0. The van der Waals surface area contributed by atoms with Crippen LogP contribution in [0.15, 0.2) is 42.5 Å². The lowest BCUT2D eigenvalue weighted by Crippen LogP contribution is -1.99. The topological polar surface area (TPSA) is 98.3 Å². The van der Waals surface area contributed by atoms with Crippen LogP contribution in [0.1, 0.15) is 0 Å². The smallest absolute Gasteiger partial charge is 0.299 e. The Morgan fingerprint density at radius 3 is 2.35 bits per heavy atom. The number of anilines is 2. The number of hydrogen-bond donors (Lipinski definition) is 1. The number of nitrogens with one attached hydrogen (secondary N) is 1. The fourth-order valence-corrected chi connectivity index (χ4v) is 1.61. The van der Waals surface area contributed by atoms with Crippen LogP contribution in [-0.2, 0) is 0 Å². The molecule has 102 valence electrons. The average Bonchev–Trinajstić information content (AvgIpc) is 2.38. The SMILES string of the molecule is O=[N+]([O-])c1ccc(Nc2cccc(F)c2)c([N+](=O)[O-])c1. The number of benzene rings is 2. The van der Waals surface area contributed by atoms with Gasteiger partial charge in [0.2, 0.25) is 0 Å². The summed E-state index contributed by atoms with van der Waals surface area (Å²) in [5.74, 6) is -0.500. The molecule has 20 heavy (non-hydrogen) atoms. The van der Waals surface area contributed by atoms with Gasteiger partial charge in [-0.2, -0.15) is 0 Å². The standard InChI is InChI=1S/C12H8FN3O4/c13-8-2-1-3-9(6-8)14-11-5-4-10(15(17)18)7-12(11)16(19)20/h1-7,14H. The maximum Gasteiger partial charge on any atom is 0.299 e. The van der Waals surface area contributed by atoms with Gasteiger partial charge in [0.05, 0.1) is 15.9 Å². The molecule has 0 heterocycles. The normalized spacial score (nSPS) is 10.1. The van der Waals surface area contributed by atoms with Crippen molar-refractivity contribution in [2.24, 2.45) is 0 Å². The van der Waals surface area contributed by atoms with Gasteiger partial charge in [0.25, 0.3) is 11.4 Å². The van der Waals surface area contributed by atoms with Crippen LogP contribution < -0.4 is 5.32 Å². The summed E-state index contributed by atoms with van der Waals surface area (Å²) in [4.78, 5) is 20.1. The molecule has 7 nitrogen and oxygen atoms in total. The van der Waals surface area contributed by atoms with E-state index in [0.717, 1.165) is 18.2 Å². The van der Waals surface area contributed by atoms with Crippen LogP contribution in [0.5, 0.6) is 0 Å². The Labute approximate surface area is 112 Å². The van der Waals surface area contributed by atoms with Crippen molar-refractivity contribution in [3.63, 3.8) is 0 Å². The Morgan fingerprint density at radius 2 is 1.75 bits per heavy atom. The molecule has 0 saturated carbocycles. The summed E-state index contributed by atoms with van der Waals surface area (Å²) in [6.45, 7) is 0. The molecule has 2 rings (SSSR count). The highest BCUT2D eigenvalue weighted by atomic mass is 19.1. The first-order chi connectivity index (χ1) is 9.47. The summed E-state index contributed by atoms with van der Waals surface area (Å²) in [7, 11) is 0. The molecule has 0 spiro atoms. The van der Waals surface area contributed by atoms with Crippen LogP contribution in [-0.4, -0.2) is 9.85 Å². The van der Waals surface area contributed by atoms with E-state index in [0.29, 0.717) is 5.69 Å². The predicted octanol–water partition coefficient (Wildman–Crippen LogP) is 3.39. The molecule has 2 aromatic carbocycles. The molecule has 1 N–H and O–H groups in total. The Kier molecular flexibility index (Phi) is 3.56. The Hall–Kier alpha value is -3.03. The monoisotopic (exact) mass is 277 g/mol. The molecule has 8 heteroatoms. The molecule has 2 aromatic rings. The van der Waals surface area contributed by atoms with Crippen molar-refractivity contribution in [1.82, 2.24) is 0 Å².